The van der Waals surface area contributed by atoms with Crippen LogP contribution in [0.5, 0.6) is 0 Å². The normalized spacial score (nSPS) is 11.7. The van der Waals surface area contributed by atoms with Gasteiger partial charge < -0.3 is 9.84 Å². The largest absolute Gasteiger partial charge is 0.475 e. The summed E-state index contributed by atoms with van der Waals surface area (Å²) in [5.41, 5.74) is 0.0804. The van der Waals surface area contributed by atoms with Crippen molar-refractivity contribution < 1.29 is 9.84 Å². The van der Waals surface area contributed by atoms with Crippen LogP contribution in [0.2, 0.25) is 0 Å². The second-order valence-electron chi connectivity index (χ2n) is 1.42. The van der Waals surface area contributed by atoms with E-state index in [1.54, 1.807) is 6.92 Å². The first-order valence-corrected chi connectivity index (χ1v) is 2.60. The van der Waals surface area contributed by atoms with Crippen LogP contribution in [0.25, 0.3) is 4.98 Å². The third-order valence-electron chi connectivity index (χ3n) is 0.741. The summed E-state index contributed by atoms with van der Waals surface area (Å²) in [6, 6.07) is 0. The number of ether oxygens (including phenoxy) is 1. The van der Waals surface area contributed by atoms with Gasteiger partial charge >= 0.3 is 11.6 Å². The molecule has 0 unspecified atom stereocenters. The van der Waals surface area contributed by atoms with E-state index in [9.17, 15) is 0 Å². The van der Waals surface area contributed by atoms with Crippen molar-refractivity contribution in [3.63, 3.8) is 0 Å². The Labute approximate surface area is 53.4 Å². The highest BCUT2D eigenvalue weighted by atomic mass is 16.6. The molecule has 0 aromatic heterocycles. The molecule has 0 fully saturated rings. The lowest BCUT2D eigenvalue weighted by molar-refractivity contribution is 0.0989. The van der Waals surface area contributed by atoms with Crippen molar-refractivity contribution in [3.05, 3.63) is 16.6 Å². The molecule has 50 valence electrons. The Morgan fingerprint density at radius 3 is 2.67 bits per heavy atom. The number of diazo groups is 1. The van der Waals surface area contributed by atoms with E-state index in [0.717, 1.165) is 0 Å². The maximum Gasteiger partial charge on any atom is 0.437 e. The molecule has 0 aliphatic rings. The molecule has 0 aliphatic heterocycles. The molecule has 0 saturated heterocycles. The first-order chi connectivity index (χ1) is 4.22. The van der Waals surface area contributed by atoms with Gasteiger partial charge in [-0.3, -0.25) is 0 Å². The zero-order valence-corrected chi connectivity index (χ0v) is 5.46. The number of hydrogen-bond donors (Lipinski definition) is 1. The fourth-order valence-corrected chi connectivity index (χ4v) is 0.284. The van der Waals surface area contributed by atoms with Gasteiger partial charge in [0.25, 0.3) is 0 Å². The average molecular weight is 129 g/mol. The molecule has 0 bridgehead atoms. The highest BCUT2D eigenvalue weighted by Crippen LogP contribution is 2.01. The van der Waals surface area contributed by atoms with Crippen molar-refractivity contribution in [1.82, 2.24) is 0 Å². The minimum Gasteiger partial charge on any atom is -0.475 e. The molecule has 0 atom stereocenters. The van der Waals surface area contributed by atoms with Gasteiger partial charge in [-0.2, -0.15) is 0 Å². The topological polar surface area (TPSA) is 57.6 Å². The van der Waals surface area contributed by atoms with Crippen molar-refractivity contribution in [1.29, 1.82) is 5.39 Å². The second kappa shape index (κ2) is 3.72. The lowest BCUT2D eigenvalue weighted by Crippen LogP contribution is -1.91. The Hall–Kier alpha value is -1.24. The van der Waals surface area contributed by atoms with Crippen molar-refractivity contribution in [2.75, 3.05) is 6.61 Å². The number of hydrogen-bond acceptors (Lipinski definition) is 3. The molecule has 4 nitrogen and oxygen atoms in total. The summed E-state index contributed by atoms with van der Waals surface area (Å²) in [5.74, 6) is -0.333. The number of rotatable bonds is 2. The van der Waals surface area contributed by atoms with Gasteiger partial charge in [0.1, 0.15) is 0 Å². The van der Waals surface area contributed by atoms with Gasteiger partial charge in [0.2, 0.25) is 5.39 Å². The van der Waals surface area contributed by atoms with Crippen molar-refractivity contribution in [2.45, 2.75) is 13.8 Å². The van der Waals surface area contributed by atoms with E-state index in [1.807, 2.05) is 0 Å². The Balaban J connectivity index is 3.98. The van der Waals surface area contributed by atoms with Gasteiger partial charge in [0, 0.05) is 0 Å². The zero-order valence-electron chi connectivity index (χ0n) is 5.46. The van der Waals surface area contributed by atoms with E-state index in [-0.39, 0.29) is 11.6 Å². The minimum absolute atomic E-state index is 0.0804. The summed E-state index contributed by atoms with van der Waals surface area (Å²) < 4.78 is 4.58. The molecular weight excluding hydrogens is 120 g/mol. The maximum atomic E-state index is 8.72. The summed E-state index contributed by atoms with van der Waals surface area (Å²) in [4.78, 5) is 2.71. The average Bonchev–Trinajstić information content (AvgIpc) is 1.87. The summed E-state index contributed by atoms with van der Waals surface area (Å²) in [5, 5.41) is 16.8. The molecule has 0 saturated carbocycles. The van der Waals surface area contributed by atoms with E-state index in [4.69, 9.17) is 10.5 Å². The zero-order chi connectivity index (χ0) is 7.28. The predicted octanol–water partition coefficient (Wildman–Crippen LogP) is 1.62. The highest BCUT2D eigenvalue weighted by molar-refractivity contribution is 5.04. The molecule has 0 amide bonds. The fraction of sp³-hybridized carbons (Fsp3) is 0.600. The number of aliphatic hydroxyl groups excluding tert-OH is 1. The molecule has 0 aliphatic carbocycles. The van der Waals surface area contributed by atoms with E-state index in [1.165, 1.54) is 6.92 Å². The third-order valence-corrected chi connectivity index (χ3v) is 0.741. The predicted molar refractivity (Wildman–Crippen MR) is 32.0 cm³/mol. The molecule has 9 heavy (non-hydrogen) atoms. The SMILES string of the molecule is CCO/C(O)=C(\C)[N+]#N. The lowest BCUT2D eigenvalue weighted by Gasteiger charge is -1.93. The van der Waals surface area contributed by atoms with E-state index in [0.29, 0.717) is 6.61 Å². The van der Waals surface area contributed by atoms with Gasteiger partial charge in [0.05, 0.1) is 13.5 Å². The molecule has 0 rings (SSSR count). The van der Waals surface area contributed by atoms with Crippen LogP contribution in [0.4, 0.5) is 0 Å². The Morgan fingerprint density at radius 2 is 2.33 bits per heavy atom. The van der Waals surface area contributed by atoms with Gasteiger partial charge in [-0.1, -0.05) is 0 Å². The van der Waals surface area contributed by atoms with Crippen LogP contribution in [-0.2, 0) is 4.74 Å². The summed E-state index contributed by atoms with van der Waals surface area (Å²) in [6.07, 6.45) is 0. The lowest BCUT2D eigenvalue weighted by atomic mass is 10.5. The van der Waals surface area contributed by atoms with E-state index in [2.05, 4.69) is 9.71 Å². The van der Waals surface area contributed by atoms with E-state index < -0.39 is 0 Å². The van der Waals surface area contributed by atoms with Crippen LogP contribution in [0.1, 0.15) is 13.8 Å². The highest BCUT2D eigenvalue weighted by Gasteiger charge is 2.11. The molecule has 0 heterocycles. The molecule has 4 heteroatoms. The fourth-order valence-electron chi connectivity index (χ4n) is 0.284. The number of aliphatic hydroxyl groups is 1. The minimum atomic E-state index is -0.333. The maximum absolute atomic E-state index is 8.72. The summed E-state index contributed by atoms with van der Waals surface area (Å²) >= 11 is 0. The Morgan fingerprint density at radius 1 is 1.78 bits per heavy atom. The standard InChI is InChI=1S/C5H8N2O2/c1-3-9-5(8)4(2)7-6/h3H2,1-2H3/p+1/b5-4+. The molecular formula is C5H9N2O2+. The third kappa shape index (κ3) is 2.54. The van der Waals surface area contributed by atoms with Crippen LogP contribution in [0, 0.1) is 5.39 Å². The second-order valence-corrected chi connectivity index (χ2v) is 1.42. The van der Waals surface area contributed by atoms with Crippen molar-refractivity contribution in [2.24, 2.45) is 0 Å². The van der Waals surface area contributed by atoms with E-state index >= 15 is 0 Å². The smallest absolute Gasteiger partial charge is 0.437 e. The van der Waals surface area contributed by atoms with Crippen LogP contribution in [0.15, 0.2) is 11.6 Å². The van der Waals surface area contributed by atoms with Gasteiger partial charge in [-0.15, -0.1) is 0 Å². The van der Waals surface area contributed by atoms with Gasteiger partial charge in [-0.25, -0.2) is 0 Å². The Bertz CT molecular complexity index is 157. The van der Waals surface area contributed by atoms with Crippen LogP contribution < -0.4 is 0 Å². The van der Waals surface area contributed by atoms with Crippen molar-refractivity contribution in [3.8, 4) is 0 Å². The van der Waals surface area contributed by atoms with Crippen LogP contribution in [0.3, 0.4) is 0 Å². The molecule has 0 radical (unpaired) electrons. The monoisotopic (exact) mass is 129 g/mol. The molecule has 0 spiro atoms. The molecule has 0 aromatic rings. The summed E-state index contributed by atoms with van der Waals surface area (Å²) in [7, 11) is 0. The van der Waals surface area contributed by atoms with Crippen molar-refractivity contribution >= 4 is 0 Å². The quantitative estimate of drug-likeness (QED) is 0.455. The number of nitrogens with zero attached hydrogens (tertiary/aromatic N) is 2. The number of allylic oxidation sites excluding steroid dienone is 1. The van der Waals surface area contributed by atoms with Gasteiger partial charge in [-0.05, 0) is 6.92 Å². The first kappa shape index (κ1) is 7.76. The van der Waals surface area contributed by atoms with Crippen LogP contribution >= 0.6 is 0 Å². The molecule has 1 N–H and O–H groups in total. The van der Waals surface area contributed by atoms with Crippen LogP contribution in [-0.4, -0.2) is 11.7 Å². The first-order valence-electron chi connectivity index (χ1n) is 2.60. The Kier molecular flexibility index (Phi) is 3.21. The molecule has 0 aromatic carbocycles. The summed E-state index contributed by atoms with van der Waals surface area (Å²) in [6.45, 7) is 3.52. The van der Waals surface area contributed by atoms with Gasteiger partial charge in [0.15, 0.2) is 4.98 Å².